The second-order valence-electron chi connectivity index (χ2n) is 3.33. The number of halogens is 1. The van der Waals surface area contributed by atoms with Crippen molar-refractivity contribution in [2.24, 2.45) is 5.73 Å². The fraction of sp³-hybridized carbons (Fsp3) is 0.300. The molecule has 2 aromatic heterocycles. The van der Waals surface area contributed by atoms with Crippen LogP contribution in [0.25, 0.3) is 11.5 Å². The van der Waals surface area contributed by atoms with E-state index in [4.69, 9.17) is 10.3 Å². The van der Waals surface area contributed by atoms with Gasteiger partial charge in [0.1, 0.15) is 0 Å². The van der Waals surface area contributed by atoms with Crippen molar-refractivity contribution in [3.63, 3.8) is 0 Å². The maximum atomic E-state index is 13.3. The van der Waals surface area contributed by atoms with Crippen molar-refractivity contribution in [1.29, 1.82) is 0 Å². The fourth-order valence-electron chi connectivity index (χ4n) is 1.23. The third-order valence-corrected chi connectivity index (χ3v) is 2.22. The van der Waals surface area contributed by atoms with E-state index in [1.165, 1.54) is 12.3 Å². The van der Waals surface area contributed by atoms with E-state index in [0.29, 0.717) is 12.2 Å². The lowest BCUT2D eigenvalue weighted by atomic mass is 10.2. The molecule has 84 valence electrons. The molecule has 2 rings (SSSR count). The molecule has 0 spiro atoms. The van der Waals surface area contributed by atoms with E-state index in [2.05, 4.69) is 15.1 Å². The van der Waals surface area contributed by atoms with Gasteiger partial charge >= 0.3 is 0 Å². The third-order valence-electron chi connectivity index (χ3n) is 2.22. The van der Waals surface area contributed by atoms with Crippen molar-refractivity contribution in [2.45, 2.75) is 19.4 Å². The largest absolute Gasteiger partial charge is 0.334 e. The molecular weight excluding hydrogens is 211 g/mol. The van der Waals surface area contributed by atoms with Crippen molar-refractivity contribution in [2.75, 3.05) is 0 Å². The molecule has 0 fully saturated rings. The highest BCUT2D eigenvalue weighted by atomic mass is 19.1. The molecule has 0 radical (unpaired) electrons. The minimum Gasteiger partial charge on any atom is -0.334 e. The van der Waals surface area contributed by atoms with Gasteiger partial charge in [-0.2, -0.15) is 4.98 Å². The fourth-order valence-corrected chi connectivity index (χ4v) is 1.23. The van der Waals surface area contributed by atoms with Crippen molar-refractivity contribution in [3.8, 4) is 11.5 Å². The zero-order chi connectivity index (χ0) is 11.5. The average molecular weight is 222 g/mol. The van der Waals surface area contributed by atoms with Crippen LogP contribution in [0.3, 0.4) is 0 Å². The van der Waals surface area contributed by atoms with Crippen LogP contribution in [0.2, 0.25) is 0 Å². The maximum absolute atomic E-state index is 13.3. The van der Waals surface area contributed by atoms with Crippen molar-refractivity contribution in [3.05, 3.63) is 30.1 Å². The van der Waals surface area contributed by atoms with Gasteiger partial charge in [0.25, 0.3) is 5.89 Å². The van der Waals surface area contributed by atoms with Crippen LogP contribution in [0.15, 0.2) is 23.0 Å². The number of pyridine rings is 1. The molecule has 2 heterocycles. The number of hydrogen-bond acceptors (Lipinski definition) is 5. The number of nitrogens with two attached hydrogens (primary N) is 1. The van der Waals surface area contributed by atoms with Crippen LogP contribution in [-0.4, -0.2) is 15.1 Å². The molecule has 0 aliphatic heterocycles. The highest BCUT2D eigenvalue weighted by molar-refractivity contribution is 5.52. The van der Waals surface area contributed by atoms with Crippen LogP contribution in [-0.2, 0) is 0 Å². The van der Waals surface area contributed by atoms with Gasteiger partial charge in [-0.05, 0) is 12.5 Å². The van der Waals surface area contributed by atoms with E-state index < -0.39 is 5.82 Å². The molecule has 0 aliphatic carbocycles. The van der Waals surface area contributed by atoms with Gasteiger partial charge in [0.05, 0.1) is 17.8 Å². The predicted octanol–water partition coefficient (Wildman–Crippen LogP) is 1.68. The summed E-state index contributed by atoms with van der Waals surface area (Å²) in [6.07, 6.45) is 3.25. The molecule has 0 aromatic carbocycles. The molecule has 0 aliphatic rings. The Morgan fingerprint density at radius 3 is 3.06 bits per heavy atom. The molecule has 0 amide bonds. The van der Waals surface area contributed by atoms with Gasteiger partial charge in [0.15, 0.2) is 11.6 Å². The molecule has 2 N–H and O–H groups in total. The third kappa shape index (κ3) is 1.92. The van der Waals surface area contributed by atoms with Crippen LogP contribution < -0.4 is 5.73 Å². The van der Waals surface area contributed by atoms with E-state index in [9.17, 15) is 4.39 Å². The minimum atomic E-state index is -0.497. The van der Waals surface area contributed by atoms with Crippen LogP contribution in [0.1, 0.15) is 25.2 Å². The van der Waals surface area contributed by atoms with Gasteiger partial charge in [-0.1, -0.05) is 12.1 Å². The quantitative estimate of drug-likeness (QED) is 0.854. The molecular formula is C10H11FN4O. The van der Waals surface area contributed by atoms with Crippen LogP contribution >= 0.6 is 0 Å². The van der Waals surface area contributed by atoms with E-state index in [1.54, 1.807) is 0 Å². The van der Waals surface area contributed by atoms with E-state index in [-0.39, 0.29) is 17.5 Å². The van der Waals surface area contributed by atoms with E-state index in [1.807, 2.05) is 6.92 Å². The Hall–Kier alpha value is -1.82. The molecule has 6 heteroatoms. The predicted molar refractivity (Wildman–Crippen MR) is 54.7 cm³/mol. The number of aromatic nitrogens is 3. The molecule has 0 saturated heterocycles. The highest BCUT2D eigenvalue weighted by Crippen LogP contribution is 2.21. The first-order valence-corrected chi connectivity index (χ1v) is 4.91. The van der Waals surface area contributed by atoms with Crippen LogP contribution in [0.4, 0.5) is 4.39 Å². The first-order chi connectivity index (χ1) is 7.72. The summed E-state index contributed by atoms with van der Waals surface area (Å²) in [5.74, 6) is 0.00952. The van der Waals surface area contributed by atoms with Gasteiger partial charge in [-0.15, -0.1) is 0 Å². The number of nitrogens with zero attached hydrogens (tertiary/aromatic N) is 3. The van der Waals surface area contributed by atoms with Gasteiger partial charge in [-0.25, -0.2) is 4.39 Å². The Bertz CT molecular complexity index is 485. The zero-order valence-corrected chi connectivity index (χ0v) is 8.72. The maximum Gasteiger partial charge on any atom is 0.261 e. The SMILES string of the molecule is CCC(N)c1noc(-c2ccncc2F)n1. The summed E-state index contributed by atoms with van der Waals surface area (Å²) in [6, 6.07) is 1.19. The van der Waals surface area contributed by atoms with Crippen molar-refractivity contribution >= 4 is 0 Å². The Kier molecular flexibility index (Phi) is 2.91. The molecule has 0 saturated carbocycles. The summed E-state index contributed by atoms with van der Waals surface area (Å²) < 4.78 is 18.3. The zero-order valence-electron chi connectivity index (χ0n) is 8.72. The van der Waals surface area contributed by atoms with Gasteiger partial charge in [-0.3, -0.25) is 4.98 Å². The van der Waals surface area contributed by atoms with Crippen LogP contribution in [0, 0.1) is 5.82 Å². The smallest absolute Gasteiger partial charge is 0.261 e. The van der Waals surface area contributed by atoms with Crippen molar-refractivity contribution in [1.82, 2.24) is 15.1 Å². The lowest BCUT2D eigenvalue weighted by Gasteiger charge is -1.99. The van der Waals surface area contributed by atoms with E-state index in [0.717, 1.165) is 6.20 Å². The number of rotatable bonds is 3. The number of hydrogen-bond donors (Lipinski definition) is 1. The summed E-state index contributed by atoms with van der Waals surface area (Å²) in [6.45, 7) is 1.91. The second-order valence-corrected chi connectivity index (χ2v) is 3.33. The Morgan fingerprint density at radius 2 is 2.38 bits per heavy atom. The Morgan fingerprint density at radius 1 is 1.56 bits per heavy atom. The summed E-state index contributed by atoms with van der Waals surface area (Å²) in [5.41, 5.74) is 5.97. The Labute approximate surface area is 91.5 Å². The molecule has 2 aromatic rings. The normalized spacial score (nSPS) is 12.7. The summed E-state index contributed by atoms with van der Waals surface area (Å²) in [5, 5.41) is 3.71. The molecule has 1 atom stereocenters. The summed E-state index contributed by atoms with van der Waals surface area (Å²) in [4.78, 5) is 7.68. The highest BCUT2D eigenvalue weighted by Gasteiger charge is 2.16. The molecule has 16 heavy (non-hydrogen) atoms. The van der Waals surface area contributed by atoms with Crippen molar-refractivity contribution < 1.29 is 8.91 Å². The lowest BCUT2D eigenvalue weighted by molar-refractivity contribution is 0.413. The standard InChI is InChI=1S/C10H11FN4O/c1-2-8(12)9-14-10(16-15-9)6-3-4-13-5-7(6)11/h3-5,8H,2,12H2,1H3. The van der Waals surface area contributed by atoms with Crippen LogP contribution in [0.5, 0.6) is 0 Å². The lowest BCUT2D eigenvalue weighted by Crippen LogP contribution is -2.10. The van der Waals surface area contributed by atoms with Gasteiger partial charge in [0, 0.05) is 6.20 Å². The monoisotopic (exact) mass is 222 g/mol. The summed E-state index contributed by atoms with van der Waals surface area (Å²) >= 11 is 0. The van der Waals surface area contributed by atoms with E-state index >= 15 is 0 Å². The first kappa shape index (κ1) is 10.7. The average Bonchev–Trinajstić information content (AvgIpc) is 2.78. The second kappa shape index (κ2) is 4.36. The molecule has 0 bridgehead atoms. The first-order valence-electron chi connectivity index (χ1n) is 4.91. The van der Waals surface area contributed by atoms with Gasteiger partial charge in [0.2, 0.25) is 0 Å². The van der Waals surface area contributed by atoms with Gasteiger partial charge < -0.3 is 10.3 Å². The Balaban J connectivity index is 2.35. The molecule has 1 unspecified atom stereocenters. The minimum absolute atomic E-state index is 0.124. The topological polar surface area (TPSA) is 77.8 Å². The molecule has 5 nitrogen and oxygen atoms in total. The summed E-state index contributed by atoms with van der Waals surface area (Å²) in [7, 11) is 0.